The van der Waals surface area contributed by atoms with Gasteiger partial charge in [0.05, 0.1) is 0 Å². The lowest BCUT2D eigenvalue weighted by Gasteiger charge is -1.48. The molecule has 0 heteroatoms. The summed E-state index contributed by atoms with van der Waals surface area (Å²) in [5.41, 5.74) is 0. The molecule has 0 saturated carbocycles. The first-order chi connectivity index (χ1) is 15.6. The van der Waals surface area contributed by atoms with Gasteiger partial charge in [0.2, 0.25) is 0 Å². The third kappa shape index (κ3) is 0. The minimum absolute atomic E-state index is 0. The van der Waals surface area contributed by atoms with Gasteiger partial charge in [0.15, 0.2) is 0 Å². The third-order valence-electron chi connectivity index (χ3n) is 0. The fourth-order valence-electron chi connectivity index (χ4n) is 0. The van der Waals surface area contributed by atoms with Crippen LogP contribution in [-0.2, 0) is 0 Å². The molecular weight excluding hydrogens is 577 g/mol. The van der Waals surface area contributed by atoms with Crippen LogP contribution in [0.15, 0.2) is 0 Å². The van der Waals surface area contributed by atoms with E-state index in [1.54, 1.807) is 0 Å². The Labute approximate surface area is 333 Å². The maximum absolute atomic E-state index is 2.12. The lowest BCUT2D eigenvalue weighted by molar-refractivity contribution is 1.09. The Hall–Kier alpha value is 0. The molecule has 48 heavy (non-hydrogen) atoms. The van der Waals surface area contributed by atoms with E-state index in [9.17, 15) is 0 Å². The summed E-state index contributed by atoms with van der Waals surface area (Å²) >= 11 is 0. The largest absolute Gasteiger partial charge is 0.0776 e. The molecule has 0 fully saturated rings. The average Bonchev–Trinajstić information content (AvgIpc) is 2.68. The van der Waals surface area contributed by atoms with Crippen LogP contribution in [0.1, 0.15) is 334 Å². The van der Waals surface area contributed by atoms with Crippen molar-refractivity contribution in [1.29, 1.82) is 0 Å². The number of hydrogen-bond acceptors (Lipinski definition) is 0. The second-order valence-electron chi connectivity index (χ2n) is 7.78. The number of hydrogen-bond donors (Lipinski definition) is 0. The first-order valence-electron chi connectivity index (χ1n) is 15.6. The van der Waals surface area contributed by atoms with E-state index in [0.29, 0.717) is 0 Å². The highest BCUT2D eigenvalue weighted by Crippen LogP contribution is 1.59. The quantitative estimate of drug-likeness (QED) is 0.233. The van der Waals surface area contributed by atoms with Crippen LogP contribution in [0, 0.1) is 0 Å². The van der Waals surface area contributed by atoms with Gasteiger partial charge in [-0.1, -0.05) is 334 Å². The van der Waals surface area contributed by atoms with Gasteiger partial charge in [0.25, 0.3) is 0 Å². The van der Waals surface area contributed by atoms with E-state index in [2.05, 4.69) is 152 Å². The van der Waals surface area contributed by atoms with Crippen molar-refractivity contribution >= 4 is 0 Å². The van der Waals surface area contributed by atoms with Crippen molar-refractivity contribution in [2.24, 2.45) is 0 Å². The van der Waals surface area contributed by atoms with E-state index in [1.165, 1.54) is 70.6 Å². The maximum Gasteiger partial charge on any atom is -0.0590 e. The van der Waals surface area contributed by atoms with Crippen LogP contribution in [-0.4, -0.2) is 0 Å². The Morgan fingerprint density at radius 1 is 0.104 bits per heavy atom. The molecule has 0 bridgehead atoms. The van der Waals surface area contributed by atoms with Crippen LogP contribution in [0.3, 0.4) is 0 Å². The van der Waals surface area contributed by atoms with E-state index in [4.69, 9.17) is 0 Å². The monoisotopic (exact) mass is 725 g/mol. The van der Waals surface area contributed by atoms with E-state index in [-0.39, 0.29) is 111 Å². The predicted molar refractivity (Wildman–Crippen MR) is 277 cm³/mol. The van der Waals surface area contributed by atoms with Gasteiger partial charge >= 0.3 is 0 Å². The molecule has 0 N–H and O–H groups in total. The summed E-state index contributed by atoms with van der Waals surface area (Å²) in [5, 5.41) is 0. The third-order valence-corrected chi connectivity index (χ3v) is 0. The Morgan fingerprint density at radius 2 is 0.104 bits per heavy atom. The zero-order valence-electron chi connectivity index (χ0n) is 29.8. The maximum atomic E-state index is 2.12. The van der Waals surface area contributed by atoms with Crippen LogP contribution < -0.4 is 0 Å². The fraction of sp³-hybridized carbons (Fsp3) is 1.00. The standard InChI is InChI=1S/11C3H8.15CH4/c11*1-3-2;;;;;;;;;;;;;;;/h11*3H2,1-2H3;15*1H4. The molecule has 0 radical (unpaired) electrons. The SMILES string of the molecule is C.C.C.C.C.C.C.C.C.C.C.C.C.C.C.CCC.CCC.CCC.CCC.CCC.CCC.CCC.CCC.CCC.CCC.CCC. The summed E-state index contributed by atoms with van der Waals surface area (Å²) in [5.74, 6) is 0. The van der Waals surface area contributed by atoms with Crippen molar-refractivity contribution < 1.29 is 0 Å². The smallest absolute Gasteiger partial charge is 0.0590 e. The zero-order chi connectivity index (χ0) is 29.8. The molecule has 0 aromatic heterocycles. The minimum atomic E-state index is 0. The summed E-state index contributed by atoms with van der Waals surface area (Å²) < 4.78 is 0. The van der Waals surface area contributed by atoms with Crippen LogP contribution >= 0.6 is 0 Å². The van der Waals surface area contributed by atoms with Crippen LogP contribution in [0.2, 0.25) is 0 Å². The van der Waals surface area contributed by atoms with Crippen molar-refractivity contribution in [3.63, 3.8) is 0 Å². The molecule has 0 aromatic rings. The molecule has 0 aliphatic rings. The van der Waals surface area contributed by atoms with Gasteiger partial charge in [0, 0.05) is 0 Å². The molecule has 0 rings (SSSR count). The highest BCUT2D eigenvalue weighted by molar-refractivity contribution is 3.95. The van der Waals surface area contributed by atoms with Gasteiger partial charge in [-0.05, 0) is 0 Å². The Bertz CT molecular complexity index is 38.1. The Balaban J connectivity index is -0.00000000448. The first kappa shape index (κ1) is 219. The summed E-state index contributed by atoms with van der Waals surface area (Å²) in [6.45, 7) is 46.8. The van der Waals surface area contributed by atoms with E-state index in [1.807, 2.05) is 0 Å². The molecule has 340 valence electrons. The van der Waals surface area contributed by atoms with Crippen molar-refractivity contribution in [3.8, 4) is 0 Å². The second kappa shape index (κ2) is 822. The summed E-state index contributed by atoms with van der Waals surface area (Å²) in [7, 11) is 0. The van der Waals surface area contributed by atoms with Crippen LogP contribution in [0.5, 0.6) is 0 Å². The van der Waals surface area contributed by atoms with Gasteiger partial charge in [-0.3, -0.25) is 0 Å². The van der Waals surface area contributed by atoms with Gasteiger partial charge in [-0.15, -0.1) is 0 Å². The number of rotatable bonds is 0. The van der Waals surface area contributed by atoms with E-state index in [0.717, 1.165) is 0 Å². The molecule has 0 aromatic carbocycles. The van der Waals surface area contributed by atoms with Crippen molar-refractivity contribution in [2.75, 3.05) is 0 Å². The van der Waals surface area contributed by atoms with Crippen LogP contribution in [0.25, 0.3) is 0 Å². The molecule has 0 aliphatic heterocycles. The summed E-state index contributed by atoms with van der Waals surface area (Å²) in [6, 6.07) is 0. The minimum Gasteiger partial charge on any atom is -0.0776 e. The van der Waals surface area contributed by atoms with Gasteiger partial charge < -0.3 is 0 Å². The summed E-state index contributed by atoms with van der Waals surface area (Å²) in [4.78, 5) is 0. The van der Waals surface area contributed by atoms with Gasteiger partial charge in [-0.25, -0.2) is 0 Å². The molecule has 0 saturated heterocycles. The first-order valence-corrected chi connectivity index (χ1v) is 15.6. The van der Waals surface area contributed by atoms with Gasteiger partial charge in [-0.2, -0.15) is 0 Å². The van der Waals surface area contributed by atoms with Crippen LogP contribution in [0.4, 0.5) is 0 Å². The molecule has 0 atom stereocenters. The lowest BCUT2D eigenvalue weighted by atomic mass is 10.6. The Morgan fingerprint density at radius 3 is 0.104 bits per heavy atom. The highest BCUT2D eigenvalue weighted by atomic mass is 13.5. The topological polar surface area (TPSA) is 0 Å². The summed E-state index contributed by atoms with van der Waals surface area (Å²) in [6.07, 6.45) is 13.8. The molecule has 0 aliphatic carbocycles. The highest BCUT2D eigenvalue weighted by Gasteiger charge is 1.38. The van der Waals surface area contributed by atoms with Crippen molar-refractivity contribution in [2.45, 2.75) is 334 Å². The van der Waals surface area contributed by atoms with Crippen molar-refractivity contribution in [1.82, 2.24) is 0 Å². The van der Waals surface area contributed by atoms with Crippen molar-refractivity contribution in [3.05, 3.63) is 0 Å². The second-order valence-corrected chi connectivity index (χ2v) is 7.78. The molecule has 0 nitrogen and oxygen atoms in total. The van der Waals surface area contributed by atoms with Gasteiger partial charge in [0.1, 0.15) is 0 Å². The molecular formula is C48H148. The molecule has 0 amide bonds. The normalized spacial score (nSPS) is 4.12. The lowest BCUT2D eigenvalue weighted by Crippen LogP contribution is -1.27. The zero-order valence-corrected chi connectivity index (χ0v) is 29.8. The van der Waals surface area contributed by atoms with E-state index >= 15 is 0 Å². The molecule has 0 heterocycles. The Kier molecular flexibility index (Phi) is 3750. The predicted octanol–water partition coefficient (Wildman–Crippen LogP) is 25.1. The van der Waals surface area contributed by atoms with E-state index < -0.39 is 0 Å². The average molecular weight is 726 g/mol. The fourth-order valence-corrected chi connectivity index (χ4v) is 0. The molecule has 0 unspecified atom stereocenters. The molecule has 0 spiro atoms.